The number of benzene rings is 1. The van der Waals surface area contributed by atoms with Gasteiger partial charge in [-0.05, 0) is 26.0 Å². The first kappa shape index (κ1) is 13.8. The summed E-state index contributed by atoms with van der Waals surface area (Å²) in [5, 5.41) is 2.99. The van der Waals surface area contributed by atoms with Gasteiger partial charge in [0.25, 0.3) is 0 Å². The van der Waals surface area contributed by atoms with E-state index in [1.165, 1.54) is 12.1 Å². The van der Waals surface area contributed by atoms with Gasteiger partial charge in [0, 0.05) is 13.1 Å². The van der Waals surface area contributed by atoms with Crippen LogP contribution in [-0.4, -0.2) is 30.4 Å². The number of amides is 1. The summed E-state index contributed by atoms with van der Waals surface area (Å²) >= 11 is 5.83. The number of hydrogen-bond acceptors (Lipinski definition) is 2. The van der Waals surface area contributed by atoms with Gasteiger partial charge in [-0.1, -0.05) is 17.7 Å². The van der Waals surface area contributed by atoms with E-state index in [2.05, 4.69) is 5.32 Å². The number of carbonyl (C=O) groups excluding carboxylic acids is 1. The van der Waals surface area contributed by atoms with Crippen LogP contribution < -0.4 is 5.32 Å². The Balaban J connectivity index is 2.65. The summed E-state index contributed by atoms with van der Waals surface area (Å²) in [6.45, 7) is 3.84. The largest absolute Gasteiger partial charge is 0.373 e. The van der Waals surface area contributed by atoms with Crippen molar-refractivity contribution in [2.75, 3.05) is 18.9 Å². The number of hydrogen-bond donors (Lipinski definition) is 1. The molecule has 0 aromatic heterocycles. The van der Waals surface area contributed by atoms with E-state index < -0.39 is 5.82 Å². The molecule has 1 aromatic carbocycles. The SMILES string of the molecule is CC(C)N(C)C(=O)CNc1c(F)cccc1Cl. The maximum Gasteiger partial charge on any atom is 0.241 e. The average Bonchev–Trinajstić information content (AvgIpc) is 2.26. The molecule has 1 N–H and O–H groups in total. The molecule has 3 nitrogen and oxygen atoms in total. The molecular weight excluding hydrogens is 243 g/mol. The second kappa shape index (κ2) is 5.87. The van der Waals surface area contributed by atoms with E-state index in [9.17, 15) is 9.18 Å². The zero-order chi connectivity index (χ0) is 13.0. The second-order valence-electron chi connectivity index (χ2n) is 4.05. The Morgan fingerprint density at radius 1 is 1.53 bits per heavy atom. The van der Waals surface area contributed by atoms with Gasteiger partial charge in [0.05, 0.1) is 17.3 Å². The molecule has 0 aliphatic rings. The number of para-hydroxylation sites is 1. The molecule has 1 amide bonds. The fraction of sp³-hybridized carbons (Fsp3) is 0.417. The Morgan fingerprint density at radius 2 is 2.18 bits per heavy atom. The van der Waals surface area contributed by atoms with Crippen LogP contribution in [0.15, 0.2) is 18.2 Å². The van der Waals surface area contributed by atoms with Crippen LogP contribution in [0.5, 0.6) is 0 Å². The van der Waals surface area contributed by atoms with E-state index in [0.29, 0.717) is 0 Å². The third-order valence-electron chi connectivity index (χ3n) is 2.55. The Labute approximate surface area is 106 Å². The summed E-state index contributed by atoms with van der Waals surface area (Å²) in [6.07, 6.45) is 0. The molecule has 0 spiro atoms. The van der Waals surface area contributed by atoms with E-state index in [0.717, 1.165) is 0 Å². The number of anilines is 1. The van der Waals surface area contributed by atoms with E-state index in [1.54, 1.807) is 18.0 Å². The van der Waals surface area contributed by atoms with Gasteiger partial charge in [-0.2, -0.15) is 0 Å². The van der Waals surface area contributed by atoms with Crippen LogP contribution in [0.25, 0.3) is 0 Å². The Hall–Kier alpha value is -1.29. The number of nitrogens with one attached hydrogen (secondary N) is 1. The van der Waals surface area contributed by atoms with Crippen molar-refractivity contribution in [1.29, 1.82) is 0 Å². The number of nitrogens with zero attached hydrogens (tertiary/aromatic N) is 1. The van der Waals surface area contributed by atoms with Gasteiger partial charge in [0.15, 0.2) is 0 Å². The highest BCUT2D eigenvalue weighted by molar-refractivity contribution is 6.33. The maximum atomic E-state index is 13.4. The predicted octanol–water partition coefficient (Wildman–Crippen LogP) is 2.76. The minimum atomic E-state index is -0.461. The van der Waals surface area contributed by atoms with Gasteiger partial charge in [-0.3, -0.25) is 4.79 Å². The fourth-order valence-electron chi connectivity index (χ4n) is 1.24. The summed E-state index contributed by atoms with van der Waals surface area (Å²) < 4.78 is 13.4. The lowest BCUT2D eigenvalue weighted by Gasteiger charge is -2.22. The molecule has 0 heterocycles. The van der Waals surface area contributed by atoms with E-state index >= 15 is 0 Å². The minimum Gasteiger partial charge on any atom is -0.373 e. The van der Waals surface area contributed by atoms with Crippen LogP contribution >= 0.6 is 11.6 Å². The Bertz CT molecular complexity index is 389. The van der Waals surface area contributed by atoms with Crippen LogP contribution in [0.4, 0.5) is 10.1 Å². The number of halogens is 2. The van der Waals surface area contributed by atoms with Crippen LogP contribution in [0.1, 0.15) is 13.8 Å². The second-order valence-corrected chi connectivity index (χ2v) is 4.46. The molecule has 0 aliphatic carbocycles. The molecule has 94 valence electrons. The van der Waals surface area contributed by atoms with Crippen LogP contribution in [0.2, 0.25) is 5.02 Å². The molecule has 1 aromatic rings. The lowest BCUT2D eigenvalue weighted by Crippen LogP contribution is -2.37. The summed E-state index contributed by atoms with van der Waals surface area (Å²) in [4.78, 5) is 13.3. The fourth-order valence-corrected chi connectivity index (χ4v) is 1.47. The van der Waals surface area contributed by atoms with Crippen LogP contribution in [-0.2, 0) is 4.79 Å². The van der Waals surface area contributed by atoms with Crippen molar-refractivity contribution < 1.29 is 9.18 Å². The van der Waals surface area contributed by atoms with Crippen LogP contribution in [0.3, 0.4) is 0 Å². The van der Waals surface area contributed by atoms with Crippen molar-refractivity contribution in [3.8, 4) is 0 Å². The van der Waals surface area contributed by atoms with Gasteiger partial charge in [-0.25, -0.2) is 4.39 Å². The summed E-state index contributed by atoms with van der Waals surface area (Å²) in [7, 11) is 1.71. The molecule has 0 atom stereocenters. The molecule has 0 bridgehead atoms. The van der Waals surface area contributed by atoms with Crippen molar-refractivity contribution in [3.63, 3.8) is 0 Å². The van der Waals surface area contributed by atoms with Crippen molar-refractivity contribution in [2.45, 2.75) is 19.9 Å². The molecule has 0 saturated heterocycles. The van der Waals surface area contributed by atoms with Gasteiger partial charge in [0.1, 0.15) is 5.82 Å². The third-order valence-corrected chi connectivity index (χ3v) is 2.86. The predicted molar refractivity (Wildman–Crippen MR) is 67.8 cm³/mol. The first-order chi connectivity index (χ1) is 7.93. The van der Waals surface area contributed by atoms with Crippen molar-refractivity contribution in [2.24, 2.45) is 0 Å². The highest BCUT2D eigenvalue weighted by Crippen LogP contribution is 2.24. The van der Waals surface area contributed by atoms with Crippen molar-refractivity contribution in [1.82, 2.24) is 4.90 Å². The number of rotatable bonds is 4. The Morgan fingerprint density at radius 3 is 2.71 bits per heavy atom. The zero-order valence-electron chi connectivity index (χ0n) is 10.1. The molecule has 1 rings (SSSR count). The first-order valence-electron chi connectivity index (χ1n) is 5.37. The average molecular weight is 259 g/mol. The standard InChI is InChI=1S/C12H16ClFN2O/c1-8(2)16(3)11(17)7-15-12-9(13)5-4-6-10(12)14/h4-6,8,15H,7H2,1-3H3. The Kier molecular flexibility index (Phi) is 4.75. The monoisotopic (exact) mass is 258 g/mol. The van der Waals surface area contributed by atoms with Crippen molar-refractivity contribution >= 4 is 23.2 Å². The molecule has 5 heteroatoms. The quantitative estimate of drug-likeness (QED) is 0.901. The van der Waals surface area contributed by atoms with Crippen molar-refractivity contribution in [3.05, 3.63) is 29.0 Å². The minimum absolute atomic E-state index is 0.0231. The molecular formula is C12H16ClFN2O. The molecule has 17 heavy (non-hydrogen) atoms. The van der Waals surface area contributed by atoms with E-state index in [1.807, 2.05) is 13.8 Å². The zero-order valence-corrected chi connectivity index (χ0v) is 10.9. The summed E-state index contributed by atoms with van der Waals surface area (Å²) in [5.41, 5.74) is 0.166. The maximum absolute atomic E-state index is 13.4. The van der Waals surface area contributed by atoms with Gasteiger partial charge in [0.2, 0.25) is 5.91 Å². The number of carbonyl (C=O) groups is 1. The molecule has 0 saturated carbocycles. The molecule has 0 radical (unpaired) electrons. The first-order valence-corrected chi connectivity index (χ1v) is 5.74. The highest BCUT2D eigenvalue weighted by atomic mass is 35.5. The molecule has 0 aliphatic heterocycles. The topological polar surface area (TPSA) is 32.3 Å². The highest BCUT2D eigenvalue weighted by Gasteiger charge is 2.13. The summed E-state index contributed by atoms with van der Waals surface area (Å²) in [5.74, 6) is -0.572. The number of likely N-dealkylation sites (N-methyl/N-ethyl adjacent to an activating group) is 1. The third kappa shape index (κ3) is 3.60. The van der Waals surface area contributed by atoms with E-state index in [4.69, 9.17) is 11.6 Å². The lowest BCUT2D eigenvalue weighted by atomic mass is 10.3. The van der Waals surface area contributed by atoms with Gasteiger partial charge < -0.3 is 10.2 Å². The van der Waals surface area contributed by atoms with E-state index in [-0.39, 0.29) is 29.2 Å². The lowest BCUT2D eigenvalue weighted by molar-refractivity contribution is -0.129. The summed E-state index contributed by atoms with van der Waals surface area (Å²) in [6, 6.07) is 4.50. The normalized spacial score (nSPS) is 10.5. The molecule has 0 unspecified atom stereocenters. The van der Waals surface area contributed by atoms with Gasteiger partial charge in [-0.15, -0.1) is 0 Å². The molecule has 0 fully saturated rings. The smallest absolute Gasteiger partial charge is 0.241 e. The van der Waals surface area contributed by atoms with Gasteiger partial charge >= 0.3 is 0 Å². The van der Waals surface area contributed by atoms with Crippen LogP contribution in [0, 0.1) is 5.82 Å².